The first-order valence-electron chi connectivity index (χ1n) is 10.6. The molecule has 0 atom stereocenters. The highest BCUT2D eigenvalue weighted by atomic mass is 16.1. The number of nitrogens with one attached hydrogen (secondary N) is 2. The highest BCUT2D eigenvalue weighted by molar-refractivity contribution is 6.06. The fourth-order valence-electron chi connectivity index (χ4n) is 3.22. The number of hydrogen-bond donors (Lipinski definition) is 2. The van der Waals surface area contributed by atoms with Gasteiger partial charge in [-0.25, -0.2) is 9.97 Å². The van der Waals surface area contributed by atoms with Crippen molar-refractivity contribution in [2.75, 3.05) is 0 Å². The van der Waals surface area contributed by atoms with E-state index < -0.39 is 0 Å². The maximum atomic E-state index is 12.6. The van der Waals surface area contributed by atoms with Crippen LogP contribution in [0.15, 0.2) is 37.7 Å². The molecule has 0 bridgehead atoms. The summed E-state index contributed by atoms with van der Waals surface area (Å²) in [5, 5.41) is 0. The van der Waals surface area contributed by atoms with Crippen molar-refractivity contribution in [1.29, 1.82) is 0 Å². The van der Waals surface area contributed by atoms with Gasteiger partial charge in [-0.3, -0.25) is 4.79 Å². The zero-order valence-corrected chi connectivity index (χ0v) is 17.0. The molecule has 28 heavy (non-hydrogen) atoms. The zero-order chi connectivity index (χ0) is 20.0. The van der Waals surface area contributed by atoms with Gasteiger partial charge in [0.15, 0.2) is 0 Å². The summed E-state index contributed by atoms with van der Waals surface area (Å²) < 4.78 is 0. The van der Waals surface area contributed by atoms with Crippen molar-refractivity contribution in [3.63, 3.8) is 0 Å². The minimum atomic E-state index is -0.0746. The third-order valence-electron chi connectivity index (χ3n) is 4.89. The lowest BCUT2D eigenvalue weighted by atomic mass is 10.1. The molecule has 0 amide bonds. The Kier molecular flexibility index (Phi) is 10.0. The van der Waals surface area contributed by atoms with E-state index in [-0.39, 0.29) is 5.78 Å². The normalized spacial score (nSPS) is 10.9. The second kappa shape index (κ2) is 12.9. The second-order valence-electron chi connectivity index (χ2n) is 7.30. The number of hydrogen-bond acceptors (Lipinski definition) is 3. The Morgan fingerprint density at radius 3 is 1.61 bits per heavy atom. The fraction of sp³-hybridized carbons (Fsp3) is 0.522. The van der Waals surface area contributed by atoms with Gasteiger partial charge in [0.1, 0.15) is 23.0 Å². The van der Waals surface area contributed by atoms with E-state index in [1.54, 1.807) is 12.4 Å². The van der Waals surface area contributed by atoms with Crippen LogP contribution in [0.1, 0.15) is 92.0 Å². The summed E-state index contributed by atoms with van der Waals surface area (Å²) in [5.41, 5.74) is 1.06. The summed E-state index contributed by atoms with van der Waals surface area (Å²) in [6, 6.07) is 0. The minimum absolute atomic E-state index is 0.0746. The van der Waals surface area contributed by atoms with Gasteiger partial charge in [0.2, 0.25) is 5.78 Å². The van der Waals surface area contributed by atoms with Crippen LogP contribution in [0.3, 0.4) is 0 Å². The smallest absolute Gasteiger partial charge is 0.228 e. The van der Waals surface area contributed by atoms with E-state index >= 15 is 0 Å². The molecule has 0 aliphatic rings. The maximum absolute atomic E-state index is 12.6. The Balaban J connectivity index is 1.73. The van der Waals surface area contributed by atoms with E-state index in [0.717, 1.165) is 50.2 Å². The molecule has 2 rings (SSSR count). The molecule has 2 heterocycles. The van der Waals surface area contributed by atoms with Crippen LogP contribution in [-0.4, -0.2) is 25.7 Å². The van der Waals surface area contributed by atoms with Gasteiger partial charge in [0, 0.05) is 12.8 Å². The van der Waals surface area contributed by atoms with Gasteiger partial charge in [-0.05, 0) is 38.5 Å². The van der Waals surface area contributed by atoms with Gasteiger partial charge < -0.3 is 9.97 Å². The molecule has 2 N–H and O–H groups in total. The SMILES string of the molecule is C=CCCCCCCc1ncc(C(=O)c2cnc(CCCCCCC=C)[nH]2)[nH]1. The van der Waals surface area contributed by atoms with Crippen molar-refractivity contribution in [3.05, 3.63) is 60.7 Å². The fourth-order valence-corrected chi connectivity index (χ4v) is 3.22. The molecule has 0 aromatic carbocycles. The highest BCUT2D eigenvalue weighted by Crippen LogP contribution is 2.12. The van der Waals surface area contributed by atoms with E-state index in [2.05, 4.69) is 33.1 Å². The predicted molar refractivity (Wildman–Crippen MR) is 115 cm³/mol. The number of ketones is 1. The van der Waals surface area contributed by atoms with Gasteiger partial charge in [-0.15, -0.1) is 13.2 Å². The molecule has 0 spiro atoms. The molecule has 5 nitrogen and oxygen atoms in total. The van der Waals surface area contributed by atoms with E-state index in [9.17, 15) is 4.79 Å². The quantitative estimate of drug-likeness (QED) is 0.221. The van der Waals surface area contributed by atoms with E-state index in [0.29, 0.717) is 11.4 Å². The molecule has 0 radical (unpaired) electrons. The first kappa shape index (κ1) is 21.9. The lowest BCUT2D eigenvalue weighted by molar-refractivity contribution is 0.103. The summed E-state index contributed by atoms with van der Waals surface area (Å²) in [6.45, 7) is 7.49. The summed E-state index contributed by atoms with van der Waals surface area (Å²) in [7, 11) is 0. The summed E-state index contributed by atoms with van der Waals surface area (Å²) >= 11 is 0. The lowest BCUT2D eigenvalue weighted by Gasteiger charge is -1.99. The Hall–Kier alpha value is -2.43. The van der Waals surface area contributed by atoms with Crippen LogP contribution >= 0.6 is 0 Å². The van der Waals surface area contributed by atoms with Crippen molar-refractivity contribution in [2.24, 2.45) is 0 Å². The Morgan fingerprint density at radius 1 is 0.750 bits per heavy atom. The Morgan fingerprint density at radius 2 is 1.18 bits per heavy atom. The monoisotopic (exact) mass is 382 g/mol. The predicted octanol–water partition coefficient (Wildman–Crippen LogP) is 5.72. The van der Waals surface area contributed by atoms with Crippen LogP contribution in [0.5, 0.6) is 0 Å². The number of allylic oxidation sites excluding steroid dienone is 2. The maximum Gasteiger partial charge on any atom is 0.228 e. The number of carbonyl (C=O) groups excluding carboxylic acids is 1. The van der Waals surface area contributed by atoms with Crippen molar-refractivity contribution in [1.82, 2.24) is 19.9 Å². The van der Waals surface area contributed by atoms with Crippen LogP contribution in [0.25, 0.3) is 0 Å². The van der Waals surface area contributed by atoms with Crippen molar-refractivity contribution < 1.29 is 4.79 Å². The van der Waals surface area contributed by atoms with Crippen LogP contribution in [0, 0.1) is 0 Å². The van der Waals surface area contributed by atoms with E-state index in [1.165, 1.54) is 38.5 Å². The van der Waals surface area contributed by atoms with Gasteiger partial charge in [0.05, 0.1) is 12.4 Å². The molecule has 0 unspecified atom stereocenters. The van der Waals surface area contributed by atoms with E-state index in [1.807, 2.05) is 12.2 Å². The van der Waals surface area contributed by atoms with Crippen LogP contribution in [0.2, 0.25) is 0 Å². The number of nitrogens with zero attached hydrogens (tertiary/aromatic N) is 2. The first-order chi connectivity index (χ1) is 13.7. The molecule has 0 saturated carbocycles. The number of carbonyl (C=O) groups is 1. The minimum Gasteiger partial charge on any atom is -0.339 e. The standard InChI is InChI=1S/C23H34N4O/c1-3-5-7-9-11-13-15-21-24-17-19(26-21)23(28)20-18-25-22(27-20)16-14-12-10-8-6-4-2/h3-4,17-18H,1-2,5-16H2,(H,24,26)(H,25,27). The third-order valence-corrected chi connectivity index (χ3v) is 4.89. The van der Waals surface area contributed by atoms with Crippen molar-refractivity contribution in [3.8, 4) is 0 Å². The van der Waals surface area contributed by atoms with Crippen molar-refractivity contribution in [2.45, 2.75) is 77.0 Å². The lowest BCUT2D eigenvalue weighted by Crippen LogP contribution is -2.03. The average Bonchev–Trinajstić information content (AvgIpc) is 3.36. The number of H-pyrrole nitrogens is 2. The number of aromatic amines is 2. The second-order valence-corrected chi connectivity index (χ2v) is 7.30. The Bertz CT molecular complexity index is 668. The van der Waals surface area contributed by atoms with Crippen LogP contribution in [0.4, 0.5) is 0 Å². The first-order valence-corrected chi connectivity index (χ1v) is 10.6. The third kappa shape index (κ3) is 7.67. The van der Waals surface area contributed by atoms with Crippen molar-refractivity contribution >= 4 is 5.78 Å². The highest BCUT2D eigenvalue weighted by Gasteiger charge is 2.15. The molecular weight excluding hydrogens is 348 g/mol. The van der Waals surface area contributed by atoms with Crippen LogP contribution < -0.4 is 0 Å². The molecule has 0 aliphatic heterocycles. The molecule has 152 valence electrons. The van der Waals surface area contributed by atoms with Gasteiger partial charge in [-0.1, -0.05) is 37.8 Å². The number of aromatic nitrogens is 4. The Labute approximate surface area is 168 Å². The molecule has 0 fully saturated rings. The average molecular weight is 383 g/mol. The topological polar surface area (TPSA) is 74.4 Å². The molecular formula is C23H34N4O. The zero-order valence-electron chi connectivity index (χ0n) is 17.0. The van der Waals surface area contributed by atoms with Gasteiger partial charge in [-0.2, -0.15) is 0 Å². The number of rotatable bonds is 16. The summed E-state index contributed by atoms with van der Waals surface area (Å²) in [5.74, 6) is 1.69. The van der Waals surface area contributed by atoms with Gasteiger partial charge in [0.25, 0.3) is 0 Å². The number of imidazole rings is 2. The van der Waals surface area contributed by atoms with Crippen LogP contribution in [-0.2, 0) is 12.8 Å². The molecule has 2 aromatic rings. The molecule has 0 aliphatic carbocycles. The molecule has 5 heteroatoms. The molecule has 2 aromatic heterocycles. The number of aryl methyl sites for hydroxylation is 2. The van der Waals surface area contributed by atoms with Gasteiger partial charge >= 0.3 is 0 Å². The molecule has 0 saturated heterocycles. The number of unbranched alkanes of at least 4 members (excludes halogenated alkanes) is 8. The summed E-state index contributed by atoms with van der Waals surface area (Å²) in [4.78, 5) is 27.6. The van der Waals surface area contributed by atoms with E-state index in [4.69, 9.17) is 0 Å². The largest absolute Gasteiger partial charge is 0.339 e. The summed E-state index contributed by atoms with van der Waals surface area (Å²) in [6.07, 6.45) is 20.5.